The van der Waals surface area contributed by atoms with Gasteiger partial charge in [0.1, 0.15) is 6.61 Å². The summed E-state index contributed by atoms with van der Waals surface area (Å²) in [4.78, 5) is 36.5. The number of alkyl carbamates (subject to hydrolysis) is 1. The average Bonchev–Trinajstić information content (AvgIpc) is 3.43. The molecule has 1 fully saturated rings. The molecule has 0 radical (unpaired) electrons. The van der Waals surface area contributed by atoms with E-state index in [2.05, 4.69) is 34.9 Å². The number of ether oxygens (including phenoxy) is 2. The first-order valence-electron chi connectivity index (χ1n) is 11.7. The maximum atomic E-state index is 12.8. The molecule has 1 aliphatic heterocycles. The molecule has 2 amide bonds. The molecule has 180 valence electrons. The molecule has 3 atom stereocenters. The minimum Gasteiger partial charge on any atom is -0.479 e. The van der Waals surface area contributed by atoms with Gasteiger partial charge in [0, 0.05) is 19.1 Å². The Hall–Kier alpha value is -3.39. The van der Waals surface area contributed by atoms with Gasteiger partial charge in [-0.2, -0.15) is 0 Å². The van der Waals surface area contributed by atoms with Crippen molar-refractivity contribution in [1.82, 2.24) is 10.6 Å². The van der Waals surface area contributed by atoms with E-state index in [0.717, 1.165) is 28.7 Å². The van der Waals surface area contributed by atoms with Gasteiger partial charge < -0.3 is 25.2 Å². The molecule has 2 aromatic rings. The fraction of sp³-hybridized carbons (Fsp3) is 0.423. The van der Waals surface area contributed by atoms with Crippen LogP contribution >= 0.6 is 0 Å². The molecule has 3 N–H and O–H groups in total. The number of amides is 2. The second kappa shape index (κ2) is 10.7. The summed E-state index contributed by atoms with van der Waals surface area (Å²) in [6.07, 6.45) is 0.126. The fourth-order valence-electron chi connectivity index (χ4n) is 4.81. The van der Waals surface area contributed by atoms with Gasteiger partial charge >= 0.3 is 12.1 Å². The van der Waals surface area contributed by atoms with E-state index in [1.807, 2.05) is 31.2 Å². The van der Waals surface area contributed by atoms with Gasteiger partial charge in [-0.25, -0.2) is 9.59 Å². The molecular weight excluding hydrogens is 436 g/mol. The standard InChI is InChI=1S/C26H30N2O6/c1-2-7-16(24(29)28-22-12-13-33-23(22)25(30)31)14-27-26(32)34-15-21-19-10-5-3-8-17(19)18-9-4-6-11-20(18)21/h3-6,8-11,16,21-23H,2,7,12-15H2,1H3,(H,27,32)(H,28,29)(H,30,31). The van der Waals surface area contributed by atoms with Gasteiger partial charge in [0.15, 0.2) is 6.10 Å². The van der Waals surface area contributed by atoms with Gasteiger partial charge in [-0.05, 0) is 35.1 Å². The van der Waals surface area contributed by atoms with Crippen LogP contribution in [0.25, 0.3) is 11.1 Å². The third kappa shape index (κ3) is 5.07. The van der Waals surface area contributed by atoms with Crippen molar-refractivity contribution in [3.8, 4) is 11.1 Å². The van der Waals surface area contributed by atoms with E-state index in [4.69, 9.17) is 9.47 Å². The molecule has 0 saturated carbocycles. The van der Waals surface area contributed by atoms with Gasteiger partial charge in [-0.15, -0.1) is 0 Å². The topological polar surface area (TPSA) is 114 Å². The Labute approximate surface area is 198 Å². The predicted molar refractivity (Wildman–Crippen MR) is 125 cm³/mol. The van der Waals surface area contributed by atoms with Crippen molar-refractivity contribution in [2.75, 3.05) is 19.8 Å². The monoisotopic (exact) mass is 466 g/mol. The lowest BCUT2D eigenvalue weighted by Gasteiger charge is -2.22. The third-order valence-corrected chi connectivity index (χ3v) is 6.51. The van der Waals surface area contributed by atoms with E-state index in [-0.39, 0.29) is 25.0 Å². The van der Waals surface area contributed by atoms with Crippen LogP contribution in [0, 0.1) is 5.92 Å². The van der Waals surface area contributed by atoms with Gasteiger partial charge in [-0.1, -0.05) is 61.9 Å². The zero-order chi connectivity index (χ0) is 24.1. The summed E-state index contributed by atoms with van der Waals surface area (Å²) in [5.74, 6) is -1.90. The highest BCUT2D eigenvalue weighted by Crippen LogP contribution is 2.44. The quantitative estimate of drug-likeness (QED) is 0.523. The van der Waals surface area contributed by atoms with Gasteiger partial charge in [0.2, 0.25) is 5.91 Å². The van der Waals surface area contributed by atoms with Crippen LogP contribution in [-0.2, 0) is 19.1 Å². The van der Waals surface area contributed by atoms with Crippen LogP contribution < -0.4 is 10.6 Å². The van der Waals surface area contributed by atoms with Crippen molar-refractivity contribution >= 4 is 18.0 Å². The van der Waals surface area contributed by atoms with Crippen LogP contribution in [0.2, 0.25) is 0 Å². The molecule has 3 unspecified atom stereocenters. The van der Waals surface area contributed by atoms with Crippen molar-refractivity contribution in [1.29, 1.82) is 0 Å². The summed E-state index contributed by atoms with van der Waals surface area (Å²) in [7, 11) is 0. The highest BCUT2D eigenvalue weighted by molar-refractivity contribution is 5.82. The largest absolute Gasteiger partial charge is 0.479 e. The molecule has 1 heterocycles. The second-order valence-electron chi connectivity index (χ2n) is 8.73. The molecule has 0 spiro atoms. The Morgan fingerprint density at radius 2 is 1.74 bits per heavy atom. The molecule has 1 aliphatic carbocycles. The fourth-order valence-corrected chi connectivity index (χ4v) is 4.81. The van der Waals surface area contributed by atoms with Gasteiger partial charge in [0.05, 0.1) is 12.0 Å². The maximum Gasteiger partial charge on any atom is 0.407 e. The molecule has 8 nitrogen and oxygen atoms in total. The predicted octanol–water partition coefficient (Wildman–Crippen LogP) is 3.30. The molecule has 1 saturated heterocycles. The van der Waals surface area contributed by atoms with E-state index in [1.54, 1.807) is 0 Å². The molecule has 4 rings (SSSR count). The Morgan fingerprint density at radius 1 is 1.09 bits per heavy atom. The molecule has 2 aliphatic rings. The summed E-state index contributed by atoms with van der Waals surface area (Å²) >= 11 is 0. The number of rotatable bonds is 9. The smallest absolute Gasteiger partial charge is 0.407 e. The Bertz CT molecular complexity index is 1010. The molecule has 34 heavy (non-hydrogen) atoms. The number of carbonyl (C=O) groups excluding carboxylic acids is 2. The lowest BCUT2D eigenvalue weighted by molar-refractivity contribution is -0.148. The summed E-state index contributed by atoms with van der Waals surface area (Å²) in [5.41, 5.74) is 4.57. The SMILES string of the molecule is CCCC(CNC(=O)OCC1c2ccccc2-c2ccccc21)C(=O)NC1CCOC1C(=O)O. The number of hydrogen-bond acceptors (Lipinski definition) is 5. The van der Waals surface area contributed by atoms with Crippen molar-refractivity contribution in [2.45, 2.75) is 44.2 Å². The Morgan fingerprint density at radius 3 is 2.35 bits per heavy atom. The first-order valence-corrected chi connectivity index (χ1v) is 11.7. The van der Waals surface area contributed by atoms with E-state index < -0.39 is 30.1 Å². The molecule has 0 aromatic heterocycles. The van der Waals surface area contributed by atoms with Crippen LogP contribution in [0.3, 0.4) is 0 Å². The number of fused-ring (bicyclic) bond motifs is 3. The lowest BCUT2D eigenvalue weighted by Crippen LogP contribution is -2.48. The van der Waals surface area contributed by atoms with E-state index in [9.17, 15) is 19.5 Å². The van der Waals surface area contributed by atoms with E-state index in [0.29, 0.717) is 19.4 Å². The van der Waals surface area contributed by atoms with Crippen molar-refractivity contribution in [3.05, 3.63) is 59.7 Å². The number of carboxylic acids is 1. The van der Waals surface area contributed by atoms with Crippen LogP contribution in [0.15, 0.2) is 48.5 Å². The molecule has 8 heteroatoms. The highest BCUT2D eigenvalue weighted by Gasteiger charge is 2.36. The van der Waals surface area contributed by atoms with Crippen molar-refractivity contribution < 1.29 is 29.0 Å². The minimum absolute atomic E-state index is 0.0387. The first-order chi connectivity index (χ1) is 16.5. The first kappa shape index (κ1) is 23.8. The minimum atomic E-state index is -1.09. The highest BCUT2D eigenvalue weighted by atomic mass is 16.5. The average molecular weight is 467 g/mol. The number of carboxylic acid groups (broad SMARTS) is 1. The lowest BCUT2D eigenvalue weighted by atomic mass is 9.98. The molecule has 0 bridgehead atoms. The summed E-state index contributed by atoms with van der Waals surface area (Å²) in [6.45, 7) is 2.55. The zero-order valence-electron chi connectivity index (χ0n) is 19.2. The Balaban J connectivity index is 1.32. The van der Waals surface area contributed by atoms with Crippen LogP contribution in [0.5, 0.6) is 0 Å². The Kier molecular flexibility index (Phi) is 7.47. The normalized spacial score (nSPS) is 19.7. The summed E-state index contributed by atoms with van der Waals surface area (Å²) < 4.78 is 10.7. The van der Waals surface area contributed by atoms with Crippen LogP contribution in [0.1, 0.15) is 43.2 Å². The number of hydrogen-bond donors (Lipinski definition) is 3. The molecule has 2 aromatic carbocycles. The number of nitrogens with one attached hydrogen (secondary N) is 2. The summed E-state index contributed by atoms with van der Waals surface area (Å²) in [6, 6.07) is 15.7. The number of aliphatic carboxylic acids is 1. The number of benzene rings is 2. The summed E-state index contributed by atoms with van der Waals surface area (Å²) in [5, 5.41) is 14.7. The van der Waals surface area contributed by atoms with Gasteiger partial charge in [0.25, 0.3) is 0 Å². The van der Waals surface area contributed by atoms with Crippen LogP contribution in [0.4, 0.5) is 4.79 Å². The van der Waals surface area contributed by atoms with E-state index >= 15 is 0 Å². The van der Waals surface area contributed by atoms with Gasteiger partial charge in [-0.3, -0.25) is 4.79 Å². The van der Waals surface area contributed by atoms with Crippen molar-refractivity contribution in [2.24, 2.45) is 5.92 Å². The molecular formula is C26H30N2O6. The van der Waals surface area contributed by atoms with Crippen molar-refractivity contribution in [3.63, 3.8) is 0 Å². The third-order valence-electron chi connectivity index (χ3n) is 6.51. The van der Waals surface area contributed by atoms with Crippen LogP contribution in [-0.4, -0.2) is 55.0 Å². The maximum absolute atomic E-state index is 12.8. The second-order valence-corrected chi connectivity index (χ2v) is 8.73. The number of carbonyl (C=O) groups is 3. The zero-order valence-corrected chi connectivity index (χ0v) is 19.2. The van der Waals surface area contributed by atoms with E-state index in [1.165, 1.54) is 0 Å².